The number of benzene rings is 1. The highest BCUT2D eigenvalue weighted by Crippen LogP contribution is 2.25. The number of halogens is 1. The van der Waals surface area contributed by atoms with Gasteiger partial charge in [0.05, 0.1) is 24.4 Å². The molecule has 4 rings (SSSR count). The van der Waals surface area contributed by atoms with Crippen LogP contribution in [0.4, 0.5) is 10.1 Å². The highest BCUT2D eigenvalue weighted by molar-refractivity contribution is 5.94. The van der Waals surface area contributed by atoms with Crippen molar-refractivity contribution in [1.82, 2.24) is 9.80 Å². The molecular formula is C22H24FN3O4. The lowest BCUT2D eigenvalue weighted by Crippen LogP contribution is -2.51. The van der Waals surface area contributed by atoms with Crippen LogP contribution in [0.2, 0.25) is 0 Å². The average molecular weight is 413 g/mol. The number of hydrogen-bond donors (Lipinski definition) is 0. The second-order valence-electron chi connectivity index (χ2n) is 7.79. The molecule has 2 amide bonds. The quantitative estimate of drug-likeness (QED) is 0.704. The summed E-state index contributed by atoms with van der Waals surface area (Å²) in [5.74, 6) is -0.345. The third-order valence-electron chi connectivity index (χ3n) is 5.78. The molecule has 0 aliphatic carbocycles. The number of nitrogens with zero attached hydrogens (tertiary/aromatic N) is 3. The molecule has 2 aromatic rings. The number of anilines is 1. The first-order valence-corrected chi connectivity index (χ1v) is 10.1. The second-order valence-corrected chi connectivity index (χ2v) is 7.79. The number of ketones is 1. The fourth-order valence-electron chi connectivity index (χ4n) is 4.09. The van der Waals surface area contributed by atoms with E-state index in [1.165, 1.54) is 13.0 Å². The van der Waals surface area contributed by atoms with Gasteiger partial charge in [-0.2, -0.15) is 0 Å². The Morgan fingerprint density at radius 1 is 1.17 bits per heavy atom. The molecule has 7 nitrogen and oxygen atoms in total. The van der Waals surface area contributed by atoms with Crippen molar-refractivity contribution in [2.75, 3.05) is 37.6 Å². The van der Waals surface area contributed by atoms with E-state index in [4.69, 9.17) is 4.42 Å². The fourth-order valence-corrected chi connectivity index (χ4v) is 4.09. The molecule has 1 unspecified atom stereocenters. The van der Waals surface area contributed by atoms with Gasteiger partial charge in [-0.1, -0.05) is 0 Å². The predicted molar refractivity (Wildman–Crippen MR) is 107 cm³/mol. The maximum Gasteiger partial charge on any atom is 0.228 e. The first-order valence-electron chi connectivity index (χ1n) is 10.1. The van der Waals surface area contributed by atoms with Crippen LogP contribution in [0.5, 0.6) is 0 Å². The van der Waals surface area contributed by atoms with Crippen molar-refractivity contribution in [2.24, 2.45) is 5.92 Å². The summed E-state index contributed by atoms with van der Waals surface area (Å²) in [5.41, 5.74) is 0.780. The van der Waals surface area contributed by atoms with Crippen LogP contribution >= 0.6 is 0 Å². The van der Waals surface area contributed by atoms with E-state index in [0.717, 1.165) is 0 Å². The molecule has 2 aliphatic rings. The standard InChI is InChI=1S/C22H24FN3O4/c1-15(27)16-4-5-20(19(23)11-16)24-6-8-25(9-7-24)22(29)17-12-21(28)26(13-17)14-18-3-2-10-30-18/h2-5,10-11,17H,6-9,12-14H2,1H3. The van der Waals surface area contributed by atoms with Crippen LogP contribution in [0.15, 0.2) is 41.0 Å². The van der Waals surface area contributed by atoms with Crippen molar-refractivity contribution in [3.8, 4) is 0 Å². The number of rotatable bonds is 5. The second kappa shape index (κ2) is 8.30. The topological polar surface area (TPSA) is 74.1 Å². The van der Waals surface area contributed by atoms with Crippen LogP contribution < -0.4 is 4.90 Å². The third kappa shape index (κ3) is 4.08. The molecule has 0 bridgehead atoms. The zero-order chi connectivity index (χ0) is 21.3. The first kappa shape index (κ1) is 20.1. The summed E-state index contributed by atoms with van der Waals surface area (Å²) >= 11 is 0. The molecule has 2 saturated heterocycles. The van der Waals surface area contributed by atoms with E-state index < -0.39 is 5.82 Å². The molecule has 158 valence electrons. The number of carbonyl (C=O) groups is 3. The van der Waals surface area contributed by atoms with Crippen molar-refractivity contribution in [3.63, 3.8) is 0 Å². The molecule has 1 atom stereocenters. The Bertz CT molecular complexity index is 951. The summed E-state index contributed by atoms with van der Waals surface area (Å²) < 4.78 is 19.7. The molecule has 1 aromatic carbocycles. The monoisotopic (exact) mass is 413 g/mol. The zero-order valence-electron chi connectivity index (χ0n) is 16.8. The van der Waals surface area contributed by atoms with Crippen molar-refractivity contribution in [2.45, 2.75) is 19.9 Å². The lowest BCUT2D eigenvalue weighted by atomic mass is 10.1. The molecule has 30 heavy (non-hydrogen) atoms. The molecule has 2 aliphatic heterocycles. The van der Waals surface area contributed by atoms with Gasteiger partial charge in [0.25, 0.3) is 0 Å². The van der Waals surface area contributed by atoms with E-state index in [2.05, 4.69) is 0 Å². The van der Waals surface area contributed by atoms with Gasteiger partial charge < -0.3 is 19.1 Å². The van der Waals surface area contributed by atoms with Gasteiger partial charge in [-0.25, -0.2) is 4.39 Å². The summed E-state index contributed by atoms with van der Waals surface area (Å²) in [6.45, 7) is 4.10. The van der Waals surface area contributed by atoms with Crippen LogP contribution in [0.1, 0.15) is 29.5 Å². The van der Waals surface area contributed by atoms with Gasteiger partial charge in [-0.05, 0) is 37.3 Å². The van der Waals surface area contributed by atoms with Gasteiger partial charge in [0, 0.05) is 44.7 Å². The number of Topliss-reactive ketones (excluding diaryl/α,β-unsaturated/α-hetero) is 1. The molecule has 0 radical (unpaired) electrons. The number of amides is 2. The molecule has 0 saturated carbocycles. The molecule has 8 heteroatoms. The van der Waals surface area contributed by atoms with Gasteiger partial charge >= 0.3 is 0 Å². The van der Waals surface area contributed by atoms with Crippen molar-refractivity contribution in [1.29, 1.82) is 0 Å². The zero-order valence-corrected chi connectivity index (χ0v) is 16.8. The average Bonchev–Trinajstić information content (AvgIpc) is 3.38. The number of hydrogen-bond acceptors (Lipinski definition) is 5. The molecule has 3 heterocycles. The fraction of sp³-hybridized carbons (Fsp3) is 0.409. The third-order valence-corrected chi connectivity index (χ3v) is 5.78. The van der Waals surface area contributed by atoms with Crippen LogP contribution in [0.25, 0.3) is 0 Å². The number of piperazine rings is 1. The number of carbonyl (C=O) groups excluding carboxylic acids is 3. The van der Waals surface area contributed by atoms with Crippen LogP contribution in [0, 0.1) is 11.7 Å². The van der Waals surface area contributed by atoms with Gasteiger partial charge in [0.15, 0.2) is 5.78 Å². The van der Waals surface area contributed by atoms with Crippen molar-refractivity contribution >= 4 is 23.3 Å². The van der Waals surface area contributed by atoms with Gasteiger partial charge in [0.1, 0.15) is 11.6 Å². The summed E-state index contributed by atoms with van der Waals surface area (Å²) in [7, 11) is 0. The van der Waals surface area contributed by atoms with E-state index in [-0.39, 0.29) is 29.9 Å². The molecular weight excluding hydrogens is 389 g/mol. The van der Waals surface area contributed by atoms with E-state index >= 15 is 0 Å². The van der Waals surface area contributed by atoms with Gasteiger partial charge in [-0.15, -0.1) is 0 Å². The molecule has 0 N–H and O–H groups in total. The summed E-state index contributed by atoms with van der Waals surface area (Å²) in [6.07, 6.45) is 1.77. The van der Waals surface area contributed by atoms with Crippen molar-refractivity contribution < 1.29 is 23.2 Å². The van der Waals surface area contributed by atoms with Gasteiger partial charge in [0.2, 0.25) is 11.8 Å². The van der Waals surface area contributed by atoms with E-state index in [9.17, 15) is 18.8 Å². The molecule has 0 spiro atoms. The Morgan fingerprint density at radius 2 is 1.93 bits per heavy atom. The van der Waals surface area contributed by atoms with Crippen LogP contribution in [-0.2, 0) is 16.1 Å². The lowest BCUT2D eigenvalue weighted by molar-refractivity contribution is -0.136. The lowest BCUT2D eigenvalue weighted by Gasteiger charge is -2.37. The number of likely N-dealkylation sites (tertiary alicyclic amines) is 1. The Labute approximate surface area is 174 Å². The first-order chi connectivity index (χ1) is 14.4. The van der Waals surface area contributed by atoms with Crippen LogP contribution in [0.3, 0.4) is 0 Å². The Hall–Kier alpha value is -3.16. The Balaban J connectivity index is 1.33. The maximum atomic E-state index is 14.4. The van der Waals surface area contributed by atoms with Crippen molar-refractivity contribution in [3.05, 3.63) is 53.7 Å². The smallest absolute Gasteiger partial charge is 0.228 e. The molecule has 2 fully saturated rings. The minimum Gasteiger partial charge on any atom is -0.467 e. The highest BCUT2D eigenvalue weighted by atomic mass is 19.1. The number of furan rings is 1. The minimum atomic E-state index is -0.433. The van der Waals surface area contributed by atoms with E-state index in [1.807, 2.05) is 11.0 Å². The SMILES string of the molecule is CC(=O)c1ccc(N2CCN(C(=O)C3CC(=O)N(Cc4ccco4)C3)CC2)c(F)c1. The summed E-state index contributed by atoms with van der Waals surface area (Å²) in [4.78, 5) is 41.9. The van der Waals surface area contributed by atoms with E-state index in [1.54, 1.807) is 34.3 Å². The van der Waals surface area contributed by atoms with E-state index in [0.29, 0.717) is 56.3 Å². The predicted octanol–water partition coefficient (Wildman–Crippen LogP) is 2.32. The highest BCUT2D eigenvalue weighted by Gasteiger charge is 2.37. The molecule has 1 aromatic heterocycles. The Kier molecular flexibility index (Phi) is 5.57. The Morgan fingerprint density at radius 3 is 2.57 bits per heavy atom. The normalized spacial score (nSPS) is 19.5. The minimum absolute atomic E-state index is 0.0302. The van der Waals surface area contributed by atoms with Crippen LogP contribution in [-0.4, -0.2) is 60.1 Å². The summed E-state index contributed by atoms with van der Waals surface area (Å²) in [5, 5.41) is 0. The summed E-state index contributed by atoms with van der Waals surface area (Å²) in [6, 6.07) is 8.08. The maximum absolute atomic E-state index is 14.4. The van der Waals surface area contributed by atoms with Gasteiger partial charge in [-0.3, -0.25) is 14.4 Å². The largest absolute Gasteiger partial charge is 0.467 e.